The summed E-state index contributed by atoms with van der Waals surface area (Å²) < 4.78 is 14.7. The highest BCUT2D eigenvalue weighted by Gasteiger charge is 2.07. The summed E-state index contributed by atoms with van der Waals surface area (Å²) >= 11 is 5.35. The van der Waals surface area contributed by atoms with Crippen molar-refractivity contribution in [3.8, 4) is 0 Å². The Morgan fingerprint density at radius 1 is 1.55 bits per heavy atom. The molecule has 0 aliphatic rings. The van der Waals surface area contributed by atoms with Gasteiger partial charge in [-0.2, -0.15) is 0 Å². The zero-order chi connectivity index (χ0) is 8.43. The average molecular weight is 330 g/mol. The Kier molecular flexibility index (Phi) is 3.27. The summed E-state index contributed by atoms with van der Waals surface area (Å²) in [6.07, 6.45) is 0. The lowest BCUT2D eigenvalue weighted by Gasteiger charge is -2.03. The summed E-state index contributed by atoms with van der Waals surface area (Å²) in [6, 6.07) is 3.09. The highest BCUT2D eigenvalue weighted by atomic mass is 127. The number of rotatable bonds is 1. The molecule has 11 heavy (non-hydrogen) atoms. The molecule has 0 unspecified atom stereocenters. The van der Waals surface area contributed by atoms with Crippen molar-refractivity contribution in [2.45, 2.75) is 6.54 Å². The smallest absolute Gasteiger partial charge is 0.128 e. The summed E-state index contributed by atoms with van der Waals surface area (Å²) in [7, 11) is 0. The normalized spacial score (nSPS) is 10.2. The summed E-state index contributed by atoms with van der Waals surface area (Å²) in [4.78, 5) is 0. The van der Waals surface area contributed by atoms with E-state index in [0.717, 1.165) is 8.04 Å². The average Bonchev–Trinajstić information content (AvgIpc) is 1.99. The molecule has 0 aromatic heterocycles. The SMILES string of the molecule is NCc1c(F)ccc(Br)c1I. The van der Waals surface area contributed by atoms with Crippen molar-refractivity contribution in [3.05, 3.63) is 31.6 Å². The van der Waals surface area contributed by atoms with E-state index in [1.807, 2.05) is 0 Å². The fourth-order valence-corrected chi connectivity index (χ4v) is 1.79. The Morgan fingerprint density at radius 2 is 2.18 bits per heavy atom. The van der Waals surface area contributed by atoms with Crippen molar-refractivity contribution in [2.75, 3.05) is 0 Å². The summed E-state index contributed by atoms with van der Waals surface area (Å²) in [5.41, 5.74) is 5.92. The van der Waals surface area contributed by atoms with Gasteiger partial charge in [0.25, 0.3) is 0 Å². The Hall–Kier alpha value is 0.320. The van der Waals surface area contributed by atoms with Crippen LogP contribution >= 0.6 is 38.5 Å². The standard InChI is InChI=1S/C7H6BrFIN/c8-5-1-2-6(9)4(3-11)7(5)10/h1-2H,3,11H2. The van der Waals surface area contributed by atoms with Crippen LogP contribution in [0.5, 0.6) is 0 Å². The van der Waals surface area contributed by atoms with E-state index in [1.165, 1.54) is 6.07 Å². The van der Waals surface area contributed by atoms with E-state index in [1.54, 1.807) is 6.07 Å². The molecule has 1 aromatic rings. The number of benzene rings is 1. The van der Waals surface area contributed by atoms with Crippen LogP contribution in [-0.2, 0) is 6.54 Å². The summed E-state index contributed by atoms with van der Waals surface area (Å²) in [5, 5.41) is 0. The maximum absolute atomic E-state index is 12.9. The van der Waals surface area contributed by atoms with Crippen LogP contribution < -0.4 is 5.73 Å². The molecule has 0 heterocycles. The first-order valence-corrected chi connectivity index (χ1v) is 4.86. The second-order valence-corrected chi connectivity index (χ2v) is 3.96. The molecule has 1 aromatic carbocycles. The van der Waals surface area contributed by atoms with Crippen molar-refractivity contribution < 1.29 is 4.39 Å². The van der Waals surface area contributed by atoms with E-state index in [0.29, 0.717) is 5.56 Å². The Morgan fingerprint density at radius 3 is 2.64 bits per heavy atom. The molecule has 0 aliphatic heterocycles. The summed E-state index contributed by atoms with van der Waals surface area (Å²) in [6.45, 7) is 0.240. The van der Waals surface area contributed by atoms with Crippen molar-refractivity contribution >= 4 is 38.5 Å². The molecule has 0 bridgehead atoms. The van der Waals surface area contributed by atoms with Gasteiger partial charge in [0.15, 0.2) is 0 Å². The molecule has 0 atom stereocenters. The van der Waals surface area contributed by atoms with Crippen molar-refractivity contribution in [3.63, 3.8) is 0 Å². The minimum absolute atomic E-state index is 0.236. The van der Waals surface area contributed by atoms with Gasteiger partial charge in [-0.25, -0.2) is 4.39 Å². The van der Waals surface area contributed by atoms with Gasteiger partial charge in [0, 0.05) is 20.2 Å². The second-order valence-electron chi connectivity index (χ2n) is 2.03. The van der Waals surface area contributed by atoms with E-state index < -0.39 is 0 Å². The van der Waals surface area contributed by atoms with Crippen molar-refractivity contribution in [2.24, 2.45) is 5.73 Å². The predicted molar refractivity (Wildman–Crippen MR) is 54.7 cm³/mol. The molecule has 0 spiro atoms. The number of hydrogen-bond donors (Lipinski definition) is 1. The van der Waals surface area contributed by atoms with Gasteiger partial charge in [-0.3, -0.25) is 0 Å². The molecule has 0 amide bonds. The third-order valence-corrected chi connectivity index (χ3v) is 3.98. The van der Waals surface area contributed by atoms with Gasteiger partial charge in [0.2, 0.25) is 0 Å². The van der Waals surface area contributed by atoms with E-state index >= 15 is 0 Å². The van der Waals surface area contributed by atoms with E-state index in [2.05, 4.69) is 38.5 Å². The molecule has 0 aliphatic carbocycles. The molecule has 4 heteroatoms. The molecule has 0 saturated carbocycles. The lowest BCUT2D eigenvalue weighted by atomic mass is 10.2. The quantitative estimate of drug-likeness (QED) is 0.622. The molecule has 1 nitrogen and oxygen atoms in total. The number of hydrogen-bond acceptors (Lipinski definition) is 1. The monoisotopic (exact) mass is 329 g/mol. The fraction of sp³-hybridized carbons (Fsp3) is 0.143. The topological polar surface area (TPSA) is 26.0 Å². The molecular formula is C7H6BrFIN. The molecule has 0 saturated heterocycles. The predicted octanol–water partition coefficient (Wildman–Crippen LogP) is 2.65. The highest BCUT2D eigenvalue weighted by Crippen LogP contribution is 2.24. The molecule has 60 valence electrons. The van der Waals surface area contributed by atoms with Crippen LogP contribution in [0.2, 0.25) is 0 Å². The third kappa shape index (κ3) is 1.91. The first-order valence-electron chi connectivity index (χ1n) is 2.99. The van der Waals surface area contributed by atoms with Crippen LogP contribution in [0.3, 0.4) is 0 Å². The molecule has 0 radical (unpaired) electrons. The van der Waals surface area contributed by atoms with Crippen LogP contribution in [0, 0.1) is 9.39 Å². The highest BCUT2D eigenvalue weighted by molar-refractivity contribution is 14.1. The van der Waals surface area contributed by atoms with Crippen LogP contribution in [0.25, 0.3) is 0 Å². The zero-order valence-corrected chi connectivity index (χ0v) is 9.32. The van der Waals surface area contributed by atoms with Crippen LogP contribution in [0.4, 0.5) is 4.39 Å². The molecule has 1 rings (SSSR count). The van der Waals surface area contributed by atoms with Gasteiger partial charge in [0.05, 0.1) is 0 Å². The van der Waals surface area contributed by atoms with Gasteiger partial charge < -0.3 is 5.73 Å². The first-order chi connectivity index (χ1) is 5.16. The third-order valence-electron chi connectivity index (χ3n) is 1.34. The van der Waals surface area contributed by atoms with Crippen molar-refractivity contribution in [1.29, 1.82) is 0 Å². The van der Waals surface area contributed by atoms with Crippen LogP contribution in [-0.4, -0.2) is 0 Å². The van der Waals surface area contributed by atoms with Crippen molar-refractivity contribution in [1.82, 2.24) is 0 Å². The van der Waals surface area contributed by atoms with Gasteiger partial charge >= 0.3 is 0 Å². The van der Waals surface area contributed by atoms with Gasteiger partial charge in [-0.15, -0.1) is 0 Å². The van der Waals surface area contributed by atoms with Crippen LogP contribution in [0.15, 0.2) is 16.6 Å². The maximum atomic E-state index is 12.9. The Bertz CT molecular complexity index is 277. The zero-order valence-electron chi connectivity index (χ0n) is 5.57. The van der Waals surface area contributed by atoms with E-state index in [-0.39, 0.29) is 12.4 Å². The van der Waals surface area contributed by atoms with Gasteiger partial charge in [-0.05, 0) is 50.7 Å². The lowest BCUT2D eigenvalue weighted by Crippen LogP contribution is -2.02. The van der Waals surface area contributed by atoms with Crippen LogP contribution in [0.1, 0.15) is 5.56 Å². The first kappa shape index (κ1) is 9.41. The van der Waals surface area contributed by atoms with Gasteiger partial charge in [0.1, 0.15) is 5.82 Å². The van der Waals surface area contributed by atoms with E-state index in [4.69, 9.17) is 5.73 Å². The minimum atomic E-state index is -0.236. The Balaban J connectivity index is 3.29. The van der Waals surface area contributed by atoms with E-state index in [9.17, 15) is 4.39 Å². The molecule has 2 N–H and O–H groups in total. The number of nitrogens with two attached hydrogens (primary N) is 1. The molecular weight excluding hydrogens is 324 g/mol. The maximum Gasteiger partial charge on any atom is 0.128 e. The fourth-order valence-electron chi connectivity index (χ4n) is 0.756. The minimum Gasteiger partial charge on any atom is -0.326 e. The summed E-state index contributed by atoms with van der Waals surface area (Å²) in [5.74, 6) is -0.236. The van der Waals surface area contributed by atoms with Gasteiger partial charge in [-0.1, -0.05) is 0 Å². The lowest BCUT2D eigenvalue weighted by molar-refractivity contribution is 0.608. The largest absolute Gasteiger partial charge is 0.326 e. The second kappa shape index (κ2) is 3.82. The number of halogens is 3. The molecule has 0 fully saturated rings. The Labute approximate surface area is 86.4 Å².